The van der Waals surface area contributed by atoms with Crippen LogP contribution in [0.4, 0.5) is 9.18 Å². The normalized spacial score (nSPS) is 12.5. The number of carbonyl (C=O) groups excluding carboxylic acids is 1. The van der Waals surface area contributed by atoms with Gasteiger partial charge in [0.1, 0.15) is 17.2 Å². The highest BCUT2D eigenvalue weighted by Crippen LogP contribution is 2.30. The first-order valence-corrected chi connectivity index (χ1v) is 10.5. The van der Waals surface area contributed by atoms with Gasteiger partial charge in [-0.2, -0.15) is 5.10 Å². The second kappa shape index (κ2) is 9.51. The molecule has 0 fully saturated rings. The van der Waals surface area contributed by atoms with Gasteiger partial charge in [-0.3, -0.25) is 4.68 Å². The monoisotopic (exact) mass is 455 g/mol. The topological polar surface area (TPSA) is 110 Å². The third kappa shape index (κ3) is 4.94. The highest BCUT2D eigenvalue weighted by Gasteiger charge is 2.18. The molecule has 0 bridgehead atoms. The fraction of sp³-hybridized carbons (Fsp3) is 0.364. The second-order valence-electron chi connectivity index (χ2n) is 8.03. The SMILES string of the molecule is COC[C@H](C)NC(=O)Oc1c[nH]c2ncc(-c3nn(CCN(C)C)c4cc(F)ccc34)nc12. The number of nitrogens with zero attached hydrogens (tertiary/aromatic N) is 5. The Hall–Kier alpha value is -3.57. The average Bonchev–Trinajstić information content (AvgIpc) is 3.33. The number of H-pyrrole nitrogens is 1. The Morgan fingerprint density at radius 1 is 1.36 bits per heavy atom. The molecule has 4 rings (SSSR count). The van der Waals surface area contributed by atoms with Crippen LogP contribution in [-0.4, -0.2) is 76.1 Å². The van der Waals surface area contributed by atoms with E-state index in [1.54, 1.807) is 31.0 Å². The number of rotatable bonds is 8. The minimum Gasteiger partial charge on any atom is -0.406 e. The predicted molar refractivity (Wildman–Crippen MR) is 122 cm³/mol. The van der Waals surface area contributed by atoms with Crippen LogP contribution in [0.25, 0.3) is 33.5 Å². The number of carbonyl (C=O) groups is 1. The standard InChI is InChI=1S/C22H26FN7O3/c1-13(12-32-4)26-22(31)33-18-11-25-21-20(18)27-16(10-24-21)19-15-6-5-14(23)9-17(15)30(28-19)8-7-29(2)3/h5-6,9-11,13H,7-8,12H2,1-4H3,(H,24,25)(H,26,31)/t13-/m0/s1. The van der Waals surface area contributed by atoms with Crippen molar-refractivity contribution < 1.29 is 18.7 Å². The Morgan fingerprint density at radius 2 is 2.18 bits per heavy atom. The number of aromatic nitrogens is 5. The van der Waals surface area contributed by atoms with E-state index in [1.165, 1.54) is 18.3 Å². The number of methoxy groups -OCH3 is 1. The van der Waals surface area contributed by atoms with Crippen LogP contribution in [0.5, 0.6) is 5.75 Å². The van der Waals surface area contributed by atoms with Gasteiger partial charge in [0.2, 0.25) is 0 Å². The Morgan fingerprint density at radius 3 is 2.94 bits per heavy atom. The number of hydrogen-bond donors (Lipinski definition) is 2. The van der Waals surface area contributed by atoms with Crippen molar-refractivity contribution in [2.24, 2.45) is 0 Å². The summed E-state index contributed by atoms with van der Waals surface area (Å²) < 4.78 is 26.2. The van der Waals surface area contributed by atoms with E-state index in [4.69, 9.17) is 14.6 Å². The van der Waals surface area contributed by atoms with Crippen LogP contribution in [-0.2, 0) is 11.3 Å². The zero-order valence-electron chi connectivity index (χ0n) is 18.9. The van der Waals surface area contributed by atoms with E-state index in [0.717, 1.165) is 11.9 Å². The van der Waals surface area contributed by atoms with Gasteiger partial charge in [0.15, 0.2) is 16.9 Å². The first-order valence-electron chi connectivity index (χ1n) is 10.5. The lowest BCUT2D eigenvalue weighted by molar-refractivity contribution is 0.159. The van der Waals surface area contributed by atoms with Crippen molar-refractivity contribution in [1.82, 2.24) is 34.9 Å². The van der Waals surface area contributed by atoms with Gasteiger partial charge in [-0.15, -0.1) is 0 Å². The fourth-order valence-corrected chi connectivity index (χ4v) is 3.48. The van der Waals surface area contributed by atoms with Crippen LogP contribution < -0.4 is 10.1 Å². The highest BCUT2D eigenvalue weighted by molar-refractivity contribution is 5.93. The fourth-order valence-electron chi connectivity index (χ4n) is 3.48. The summed E-state index contributed by atoms with van der Waals surface area (Å²) in [5, 5.41) is 8.13. The first-order chi connectivity index (χ1) is 15.9. The lowest BCUT2D eigenvalue weighted by atomic mass is 10.1. The van der Waals surface area contributed by atoms with E-state index in [0.29, 0.717) is 41.2 Å². The lowest BCUT2D eigenvalue weighted by Crippen LogP contribution is -2.37. The molecule has 2 N–H and O–H groups in total. The van der Waals surface area contributed by atoms with Crippen molar-refractivity contribution in [3.05, 3.63) is 36.4 Å². The molecule has 0 aliphatic heterocycles. The minimum atomic E-state index is -0.624. The largest absolute Gasteiger partial charge is 0.413 e. The van der Waals surface area contributed by atoms with E-state index in [-0.39, 0.29) is 17.6 Å². The van der Waals surface area contributed by atoms with Crippen molar-refractivity contribution in [1.29, 1.82) is 0 Å². The average molecular weight is 455 g/mol. The van der Waals surface area contributed by atoms with Crippen LogP contribution in [0.3, 0.4) is 0 Å². The molecule has 0 saturated carbocycles. The van der Waals surface area contributed by atoms with Crippen LogP contribution in [0.1, 0.15) is 6.92 Å². The number of amides is 1. The van der Waals surface area contributed by atoms with Crippen LogP contribution in [0.2, 0.25) is 0 Å². The number of aromatic amines is 1. The van der Waals surface area contributed by atoms with Crippen LogP contribution >= 0.6 is 0 Å². The molecule has 0 aliphatic rings. The van der Waals surface area contributed by atoms with Gasteiger partial charge in [-0.1, -0.05) is 0 Å². The van der Waals surface area contributed by atoms with Gasteiger partial charge in [0.05, 0.1) is 30.9 Å². The Kier molecular flexibility index (Phi) is 6.52. The van der Waals surface area contributed by atoms with E-state index in [9.17, 15) is 9.18 Å². The number of halogens is 1. The molecule has 1 amide bonds. The summed E-state index contributed by atoms with van der Waals surface area (Å²) in [5.74, 6) is -0.0968. The van der Waals surface area contributed by atoms with E-state index in [2.05, 4.69) is 20.3 Å². The number of fused-ring (bicyclic) bond motifs is 2. The number of benzene rings is 1. The zero-order valence-corrected chi connectivity index (χ0v) is 18.9. The molecule has 3 aromatic heterocycles. The third-order valence-corrected chi connectivity index (χ3v) is 5.04. The maximum absolute atomic E-state index is 14.0. The second-order valence-corrected chi connectivity index (χ2v) is 8.03. The molecule has 174 valence electrons. The van der Waals surface area contributed by atoms with Crippen molar-refractivity contribution in [2.75, 3.05) is 34.4 Å². The summed E-state index contributed by atoms with van der Waals surface area (Å²) in [6.07, 6.45) is 2.49. The van der Waals surface area contributed by atoms with Gasteiger partial charge in [-0.05, 0) is 39.2 Å². The molecule has 0 radical (unpaired) electrons. The quantitative estimate of drug-likeness (QED) is 0.420. The summed E-state index contributed by atoms with van der Waals surface area (Å²) in [7, 11) is 5.48. The molecule has 0 unspecified atom stereocenters. The van der Waals surface area contributed by atoms with Gasteiger partial charge in [0.25, 0.3) is 0 Å². The van der Waals surface area contributed by atoms with Crippen LogP contribution in [0.15, 0.2) is 30.6 Å². The molecule has 10 nitrogen and oxygen atoms in total. The van der Waals surface area contributed by atoms with E-state index in [1.807, 2.05) is 19.0 Å². The Labute approximate surface area is 189 Å². The summed E-state index contributed by atoms with van der Waals surface area (Å²) in [5.41, 5.74) is 2.59. The summed E-state index contributed by atoms with van der Waals surface area (Å²) in [6, 6.07) is 4.33. The van der Waals surface area contributed by atoms with Gasteiger partial charge < -0.3 is 24.7 Å². The molecule has 1 aromatic carbocycles. The number of hydrogen-bond acceptors (Lipinski definition) is 7. The molecule has 0 saturated heterocycles. The van der Waals surface area contributed by atoms with Crippen molar-refractivity contribution >= 4 is 28.2 Å². The molecular formula is C22H26FN7O3. The van der Waals surface area contributed by atoms with Crippen LogP contribution in [0, 0.1) is 5.82 Å². The van der Waals surface area contributed by atoms with E-state index >= 15 is 0 Å². The zero-order chi connectivity index (χ0) is 23.5. The molecule has 1 atom stereocenters. The molecule has 4 aromatic rings. The number of likely N-dealkylation sites (N-methyl/N-ethyl adjacent to an activating group) is 1. The highest BCUT2D eigenvalue weighted by atomic mass is 19.1. The van der Waals surface area contributed by atoms with E-state index < -0.39 is 6.09 Å². The molecule has 11 heteroatoms. The van der Waals surface area contributed by atoms with Gasteiger partial charge in [0, 0.05) is 25.2 Å². The van der Waals surface area contributed by atoms with Gasteiger partial charge >= 0.3 is 6.09 Å². The lowest BCUT2D eigenvalue weighted by Gasteiger charge is -2.12. The first kappa shape index (κ1) is 22.6. The molecule has 0 spiro atoms. The minimum absolute atomic E-state index is 0.216. The number of nitrogens with one attached hydrogen (secondary N) is 2. The van der Waals surface area contributed by atoms with Crippen molar-refractivity contribution in [3.8, 4) is 17.1 Å². The third-order valence-electron chi connectivity index (χ3n) is 5.04. The molecule has 33 heavy (non-hydrogen) atoms. The van der Waals surface area contributed by atoms with Gasteiger partial charge in [-0.25, -0.2) is 19.2 Å². The van der Waals surface area contributed by atoms with Crippen molar-refractivity contribution in [3.63, 3.8) is 0 Å². The number of ether oxygens (including phenoxy) is 2. The Bertz CT molecular complexity index is 1280. The summed E-state index contributed by atoms with van der Waals surface area (Å²) in [6.45, 7) is 3.49. The smallest absolute Gasteiger partial charge is 0.406 e. The predicted octanol–water partition coefficient (Wildman–Crippen LogP) is 2.80. The maximum Gasteiger partial charge on any atom is 0.413 e. The summed E-state index contributed by atoms with van der Waals surface area (Å²) in [4.78, 5) is 26.3. The Balaban J connectivity index is 1.69. The molecule has 3 heterocycles. The van der Waals surface area contributed by atoms with Crippen molar-refractivity contribution in [2.45, 2.75) is 19.5 Å². The maximum atomic E-state index is 14.0. The molecule has 0 aliphatic carbocycles. The summed E-state index contributed by atoms with van der Waals surface area (Å²) >= 11 is 0. The molecular weight excluding hydrogens is 429 g/mol.